The van der Waals surface area contributed by atoms with Crippen LogP contribution in [0.2, 0.25) is 0 Å². The highest BCUT2D eigenvalue weighted by Crippen LogP contribution is 2.22. The molecule has 5 nitrogen and oxygen atoms in total. The van der Waals surface area contributed by atoms with Crippen LogP contribution < -0.4 is 5.32 Å². The summed E-state index contributed by atoms with van der Waals surface area (Å²) in [5, 5.41) is 7.42. The van der Waals surface area contributed by atoms with Gasteiger partial charge in [0.2, 0.25) is 5.82 Å². The fourth-order valence-electron chi connectivity index (χ4n) is 3.01. The van der Waals surface area contributed by atoms with Crippen molar-refractivity contribution in [2.75, 3.05) is 5.32 Å². The number of amides is 1. The molecule has 5 heteroatoms. The lowest BCUT2D eigenvalue weighted by Crippen LogP contribution is -2.15. The summed E-state index contributed by atoms with van der Waals surface area (Å²) >= 11 is 0. The fraction of sp³-hybridized carbons (Fsp3) is 0.0870. The topological polar surface area (TPSA) is 59.8 Å². The number of para-hydroxylation sites is 1. The first-order chi connectivity index (χ1) is 13.6. The monoisotopic (exact) mass is 368 g/mol. The molecule has 1 aromatic heterocycles. The number of rotatable bonds is 4. The van der Waals surface area contributed by atoms with E-state index in [4.69, 9.17) is 0 Å². The molecule has 0 bridgehead atoms. The van der Waals surface area contributed by atoms with Crippen LogP contribution in [0.3, 0.4) is 0 Å². The van der Waals surface area contributed by atoms with Gasteiger partial charge in [-0.3, -0.25) is 4.79 Å². The molecule has 0 atom stereocenters. The molecule has 0 aliphatic rings. The lowest BCUT2D eigenvalue weighted by atomic mass is 10.2. The van der Waals surface area contributed by atoms with Crippen molar-refractivity contribution in [1.29, 1.82) is 0 Å². The summed E-state index contributed by atoms with van der Waals surface area (Å²) in [6.45, 7) is 3.97. The number of hydrogen-bond donors (Lipinski definition) is 1. The zero-order valence-corrected chi connectivity index (χ0v) is 15.8. The molecule has 0 spiro atoms. The van der Waals surface area contributed by atoms with Crippen LogP contribution in [0, 0.1) is 13.8 Å². The minimum Gasteiger partial charge on any atom is -0.319 e. The maximum Gasteiger partial charge on any atom is 0.295 e. The second-order valence-corrected chi connectivity index (χ2v) is 6.64. The zero-order chi connectivity index (χ0) is 19.5. The molecular formula is C23H20N4O. The Balaban J connectivity index is 1.77. The van der Waals surface area contributed by atoms with E-state index in [9.17, 15) is 4.79 Å². The van der Waals surface area contributed by atoms with Crippen LogP contribution in [0.4, 0.5) is 5.69 Å². The number of anilines is 1. The molecule has 1 N–H and O–H groups in total. The maximum atomic E-state index is 12.8. The van der Waals surface area contributed by atoms with Gasteiger partial charge in [0.05, 0.1) is 5.69 Å². The standard InChI is InChI=1S/C23H20N4O/c1-16-9-8-13-19(15-16)27-22(18-11-4-3-5-12-18)25-21(26-27)23(28)24-20-14-7-6-10-17(20)2/h3-15H,1-2H3,(H,24,28). The highest BCUT2D eigenvalue weighted by molar-refractivity contribution is 6.02. The van der Waals surface area contributed by atoms with E-state index in [1.54, 1.807) is 4.68 Å². The fourth-order valence-corrected chi connectivity index (χ4v) is 3.01. The van der Waals surface area contributed by atoms with Crippen molar-refractivity contribution in [3.05, 3.63) is 95.8 Å². The van der Waals surface area contributed by atoms with Gasteiger partial charge in [0, 0.05) is 11.3 Å². The Hall–Kier alpha value is -3.73. The van der Waals surface area contributed by atoms with Crippen molar-refractivity contribution in [2.24, 2.45) is 0 Å². The Labute approximate surface area is 163 Å². The third-order valence-corrected chi connectivity index (χ3v) is 4.48. The van der Waals surface area contributed by atoms with Crippen LogP contribution in [0.15, 0.2) is 78.9 Å². The molecule has 4 rings (SSSR count). The van der Waals surface area contributed by atoms with E-state index >= 15 is 0 Å². The Bertz CT molecular complexity index is 1130. The molecule has 1 heterocycles. The predicted molar refractivity (Wildman–Crippen MR) is 111 cm³/mol. The number of aromatic nitrogens is 3. The van der Waals surface area contributed by atoms with Crippen LogP contribution in [-0.4, -0.2) is 20.7 Å². The first-order valence-corrected chi connectivity index (χ1v) is 9.08. The average Bonchev–Trinajstić information content (AvgIpc) is 3.16. The summed E-state index contributed by atoms with van der Waals surface area (Å²) < 4.78 is 1.72. The summed E-state index contributed by atoms with van der Waals surface area (Å²) in [5.74, 6) is 0.419. The molecule has 28 heavy (non-hydrogen) atoms. The van der Waals surface area contributed by atoms with Gasteiger partial charge in [-0.05, 0) is 43.2 Å². The Morgan fingerprint density at radius 2 is 1.64 bits per heavy atom. The number of carbonyl (C=O) groups is 1. The van der Waals surface area contributed by atoms with Crippen LogP contribution in [0.1, 0.15) is 21.7 Å². The zero-order valence-electron chi connectivity index (χ0n) is 15.8. The average molecular weight is 368 g/mol. The third-order valence-electron chi connectivity index (χ3n) is 4.48. The van der Waals surface area contributed by atoms with E-state index in [1.165, 1.54) is 0 Å². The quantitative estimate of drug-likeness (QED) is 0.563. The normalized spacial score (nSPS) is 10.6. The SMILES string of the molecule is Cc1cccc(-n2nc(C(=O)Nc3ccccc3C)nc2-c2ccccc2)c1. The smallest absolute Gasteiger partial charge is 0.295 e. The lowest BCUT2D eigenvalue weighted by Gasteiger charge is -2.06. The van der Waals surface area contributed by atoms with Gasteiger partial charge >= 0.3 is 0 Å². The van der Waals surface area contributed by atoms with Crippen LogP contribution in [0.5, 0.6) is 0 Å². The Morgan fingerprint density at radius 1 is 0.893 bits per heavy atom. The van der Waals surface area contributed by atoms with E-state index in [2.05, 4.69) is 15.4 Å². The molecule has 138 valence electrons. The number of benzene rings is 3. The van der Waals surface area contributed by atoms with Crippen molar-refractivity contribution in [3.63, 3.8) is 0 Å². The van der Waals surface area contributed by atoms with Crippen LogP contribution in [0.25, 0.3) is 17.1 Å². The predicted octanol–water partition coefficient (Wildman–Crippen LogP) is 4.80. The molecule has 1 amide bonds. The highest BCUT2D eigenvalue weighted by atomic mass is 16.2. The molecule has 0 fully saturated rings. The molecular weight excluding hydrogens is 348 g/mol. The van der Waals surface area contributed by atoms with Gasteiger partial charge < -0.3 is 5.32 Å². The van der Waals surface area contributed by atoms with Crippen molar-refractivity contribution in [2.45, 2.75) is 13.8 Å². The van der Waals surface area contributed by atoms with E-state index in [0.717, 1.165) is 28.1 Å². The first kappa shape index (κ1) is 17.7. The third kappa shape index (κ3) is 3.55. The van der Waals surface area contributed by atoms with Gasteiger partial charge in [0.15, 0.2) is 5.82 Å². The molecule has 3 aromatic carbocycles. The summed E-state index contributed by atoms with van der Waals surface area (Å²) in [7, 11) is 0. The molecule has 0 unspecified atom stereocenters. The summed E-state index contributed by atoms with van der Waals surface area (Å²) in [4.78, 5) is 17.4. The van der Waals surface area contributed by atoms with Crippen molar-refractivity contribution >= 4 is 11.6 Å². The minimum atomic E-state index is -0.335. The van der Waals surface area contributed by atoms with E-state index in [0.29, 0.717) is 5.82 Å². The number of aryl methyl sites for hydroxylation is 2. The number of nitrogens with zero attached hydrogens (tertiary/aromatic N) is 3. The molecule has 4 aromatic rings. The largest absolute Gasteiger partial charge is 0.319 e. The number of hydrogen-bond acceptors (Lipinski definition) is 3. The van der Waals surface area contributed by atoms with Crippen LogP contribution >= 0.6 is 0 Å². The van der Waals surface area contributed by atoms with E-state index < -0.39 is 0 Å². The second kappa shape index (κ2) is 7.48. The highest BCUT2D eigenvalue weighted by Gasteiger charge is 2.19. The number of nitrogens with one attached hydrogen (secondary N) is 1. The van der Waals surface area contributed by atoms with E-state index in [1.807, 2.05) is 92.7 Å². The summed E-state index contributed by atoms with van der Waals surface area (Å²) in [6, 6.07) is 25.3. The van der Waals surface area contributed by atoms with Crippen molar-refractivity contribution < 1.29 is 4.79 Å². The molecule has 0 saturated heterocycles. The maximum absolute atomic E-state index is 12.8. The van der Waals surface area contributed by atoms with Gasteiger partial charge in [-0.25, -0.2) is 9.67 Å². The van der Waals surface area contributed by atoms with Gasteiger partial charge in [0.25, 0.3) is 5.91 Å². The van der Waals surface area contributed by atoms with Crippen molar-refractivity contribution in [3.8, 4) is 17.1 Å². The molecule has 0 saturated carbocycles. The van der Waals surface area contributed by atoms with Crippen molar-refractivity contribution in [1.82, 2.24) is 14.8 Å². The van der Waals surface area contributed by atoms with Gasteiger partial charge in [-0.1, -0.05) is 60.7 Å². The van der Waals surface area contributed by atoms with E-state index in [-0.39, 0.29) is 11.7 Å². The Morgan fingerprint density at radius 3 is 2.39 bits per heavy atom. The van der Waals surface area contributed by atoms with Gasteiger partial charge in [-0.2, -0.15) is 0 Å². The number of carbonyl (C=O) groups excluding carboxylic acids is 1. The lowest BCUT2D eigenvalue weighted by molar-refractivity contribution is 0.101. The molecule has 0 aliphatic carbocycles. The second-order valence-electron chi connectivity index (χ2n) is 6.64. The van der Waals surface area contributed by atoms with Gasteiger partial charge in [0.1, 0.15) is 0 Å². The van der Waals surface area contributed by atoms with Gasteiger partial charge in [-0.15, -0.1) is 5.10 Å². The molecule has 0 aliphatic heterocycles. The Kier molecular flexibility index (Phi) is 4.72. The minimum absolute atomic E-state index is 0.128. The van der Waals surface area contributed by atoms with Crippen LogP contribution in [-0.2, 0) is 0 Å². The first-order valence-electron chi connectivity index (χ1n) is 9.08. The summed E-state index contributed by atoms with van der Waals surface area (Å²) in [6.07, 6.45) is 0. The molecule has 0 radical (unpaired) electrons. The summed E-state index contributed by atoms with van der Waals surface area (Å²) in [5.41, 5.74) is 4.60.